The molecule has 0 bridgehead atoms. The van der Waals surface area contributed by atoms with E-state index in [1.807, 2.05) is 18.3 Å². The summed E-state index contributed by atoms with van der Waals surface area (Å²) in [5, 5.41) is 10.5. The van der Waals surface area contributed by atoms with Crippen LogP contribution in [-0.4, -0.2) is 58.4 Å². The van der Waals surface area contributed by atoms with Gasteiger partial charge in [0, 0.05) is 46.7 Å². The third-order valence-corrected chi connectivity index (χ3v) is 8.33. The van der Waals surface area contributed by atoms with Crippen LogP contribution in [0.3, 0.4) is 0 Å². The van der Waals surface area contributed by atoms with E-state index >= 15 is 4.39 Å². The van der Waals surface area contributed by atoms with Gasteiger partial charge < -0.3 is 14.7 Å². The first kappa shape index (κ1) is 26.6. The number of aromatic nitrogens is 2. The Balaban J connectivity index is 1.39. The van der Waals surface area contributed by atoms with Gasteiger partial charge >= 0.3 is 5.97 Å². The van der Waals surface area contributed by atoms with Crippen LogP contribution in [0.2, 0.25) is 5.02 Å². The number of hydrogen-bond donors (Lipinski definition) is 1. The molecule has 0 radical (unpaired) electrons. The molecule has 0 spiro atoms. The van der Waals surface area contributed by atoms with E-state index in [0.717, 1.165) is 43.1 Å². The number of pyridine rings is 2. The van der Waals surface area contributed by atoms with Gasteiger partial charge in [-0.1, -0.05) is 11.6 Å². The zero-order valence-corrected chi connectivity index (χ0v) is 21.9. The molecule has 1 aliphatic heterocycles. The van der Waals surface area contributed by atoms with E-state index in [4.69, 9.17) is 16.3 Å². The molecule has 6 nitrogen and oxygen atoms in total. The summed E-state index contributed by atoms with van der Waals surface area (Å²) in [7, 11) is 1.56. The average molecular weight is 532 g/mol. The number of ether oxygens (including phenoxy) is 1. The molecule has 1 saturated heterocycles. The minimum atomic E-state index is -1.32. The molecule has 1 aromatic carbocycles. The van der Waals surface area contributed by atoms with Crippen molar-refractivity contribution >= 4 is 40.2 Å². The zero-order chi connectivity index (χ0) is 25.5. The highest BCUT2D eigenvalue weighted by Gasteiger charge is 2.37. The van der Waals surface area contributed by atoms with Gasteiger partial charge in [-0.15, -0.1) is 11.8 Å². The molecule has 36 heavy (non-hydrogen) atoms. The maximum Gasteiger partial charge on any atom is 0.303 e. The Hall–Kier alpha value is -2.42. The lowest BCUT2D eigenvalue weighted by Gasteiger charge is -2.41. The number of likely N-dealkylation sites (tertiary alicyclic amines) is 1. The number of alkyl halides is 1. The average Bonchev–Trinajstić information content (AvgIpc) is 2.88. The highest BCUT2D eigenvalue weighted by Crippen LogP contribution is 2.44. The van der Waals surface area contributed by atoms with Crippen LogP contribution in [0.25, 0.3) is 10.9 Å². The largest absolute Gasteiger partial charge is 0.497 e. The number of piperidine rings is 1. The van der Waals surface area contributed by atoms with Crippen LogP contribution >= 0.6 is 23.4 Å². The highest BCUT2D eigenvalue weighted by atomic mass is 35.5. The van der Waals surface area contributed by atoms with E-state index in [1.165, 1.54) is 6.20 Å². The van der Waals surface area contributed by atoms with Crippen molar-refractivity contribution in [3.63, 3.8) is 0 Å². The van der Waals surface area contributed by atoms with Gasteiger partial charge in [0.05, 0.1) is 24.1 Å². The predicted molar refractivity (Wildman–Crippen MR) is 142 cm³/mol. The number of aliphatic carboxylic acids is 1. The number of benzene rings is 1. The minimum absolute atomic E-state index is 0.0522. The van der Waals surface area contributed by atoms with Crippen LogP contribution in [0.4, 0.5) is 4.39 Å². The van der Waals surface area contributed by atoms with Gasteiger partial charge in [0.2, 0.25) is 0 Å². The Morgan fingerprint density at radius 2 is 2.11 bits per heavy atom. The molecule has 1 unspecified atom stereocenters. The summed E-state index contributed by atoms with van der Waals surface area (Å²) in [6, 6.07) is 9.30. The molecule has 1 fully saturated rings. The van der Waals surface area contributed by atoms with Crippen molar-refractivity contribution < 1.29 is 19.0 Å². The van der Waals surface area contributed by atoms with Crippen LogP contribution in [0.15, 0.2) is 53.8 Å². The van der Waals surface area contributed by atoms with Crippen molar-refractivity contribution in [2.45, 2.75) is 43.2 Å². The summed E-state index contributed by atoms with van der Waals surface area (Å²) in [5.74, 6) is 0.723. The fourth-order valence-electron chi connectivity index (χ4n) is 5.00. The van der Waals surface area contributed by atoms with Crippen LogP contribution in [-0.2, 0) is 4.79 Å². The fraction of sp³-hybridized carbons (Fsp3) is 0.444. The molecule has 3 aromatic rings. The lowest BCUT2D eigenvalue weighted by Crippen LogP contribution is -2.42. The minimum Gasteiger partial charge on any atom is -0.497 e. The zero-order valence-electron chi connectivity index (χ0n) is 20.3. The number of fused-ring (bicyclic) bond motifs is 1. The van der Waals surface area contributed by atoms with Gasteiger partial charge in [0.25, 0.3) is 0 Å². The number of halogens is 2. The number of thioether (sulfide) groups is 1. The summed E-state index contributed by atoms with van der Waals surface area (Å²) < 4.78 is 21.0. The van der Waals surface area contributed by atoms with Gasteiger partial charge in [-0.2, -0.15) is 0 Å². The summed E-state index contributed by atoms with van der Waals surface area (Å²) in [5.41, 5.74) is 0.627. The van der Waals surface area contributed by atoms with Crippen molar-refractivity contribution in [2.24, 2.45) is 5.41 Å². The molecule has 0 amide bonds. The van der Waals surface area contributed by atoms with Crippen molar-refractivity contribution in [2.75, 3.05) is 32.5 Å². The first-order chi connectivity index (χ1) is 17.4. The number of hydrogen-bond acceptors (Lipinski definition) is 6. The van der Waals surface area contributed by atoms with Gasteiger partial charge in [-0.3, -0.25) is 14.8 Å². The second-order valence-corrected chi connectivity index (χ2v) is 10.9. The topological polar surface area (TPSA) is 75.6 Å². The van der Waals surface area contributed by atoms with Crippen molar-refractivity contribution in [1.82, 2.24) is 14.9 Å². The molecule has 1 atom stereocenters. The number of carboxylic acids is 1. The third kappa shape index (κ3) is 6.66. The summed E-state index contributed by atoms with van der Waals surface area (Å²) in [4.78, 5) is 23.7. The van der Waals surface area contributed by atoms with Gasteiger partial charge in [0.1, 0.15) is 11.9 Å². The smallest absolute Gasteiger partial charge is 0.303 e. The third-order valence-electron chi connectivity index (χ3n) is 7.06. The van der Waals surface area contributed by atoms with E-state index in [1.54, 1.807) is 43.3 Å². The second-order valence-electron chi connectivity index (χ2n) is 9.36. The van der Waals surface area contributed by atoms with Gasteiger partial charge in [-0.25, -0.2) is 4.39 Å². The lowest BCUT2D eigenvalue weighted by molar-refractivity contribution is -0.141. The quantitative estimate of drug-likeness (QED) is 0.286. The predicted octanol–water partition coefficient (Wildman–Crippen LogP) is 6.43. The number of methoxy groups -OCH3 is 1. The second kappa shape index (κ2) is 12.2. The van der Waals surface area contributed by atoms with E-state index in [9.17, 15) is 9.90 Å². The molecule has 0 saturated carbocycles. The number of rotatable bonds is 11. The molecule has 9 heteroatoms. The van der Waals surface area contributed by atoms with Gasteiger partial charge in [-0.05, 0) is 74.5 Å². The van der Waals surface area contributed by atoms with Crippen molar-refractivity contribution in [3.8, 4) is 5.75 Å². The Bertz CT molecular complexity index is 1180. The normalized spacial score (nSPS) is 16.6. The standard InChI is InChI=1S/C27H31ClFN3O3S/c1-35-19-4-5-24-21(15-19)26(22(28)18-31-24)23(29)6-7-27(16-25(33)34)8-11-32(12-9-27)13-14-36-20-3-2-10-30-17-20/h2-5,10,15,17-18,23H,6-9,11-14,16H2,1H3,(H,33,34). The first-order valence-corrected chi connectivity index (χ1v) is 13.5. The van der Waals surface area contributed by atoms with E-state index in [2.05, 4.69) is 14.9 Å². The Morgan fingerprint density at radius 3 is 2.81 bits per heavy atom. The van der Waals surface area contributed by atoms with Crippen molar-refractivity contribution in [3.05, 3.63) is 59.5 Å². The summed E-state index contributed by atoms with van der Waals surface area (Å²) >= 11 is 8.16. The van der Waals surface area contributed by atoms with E-state index in [-0.39, 0.29) is 17.9 Å². The molecular formula is C27H31ClFN3O3S. The number of nitrogens with zero attached hydrogens (tertiary/aromatic N) is 3. The molecule has 3 heterocycles. The maximum atomic E-state index is 15.7. The number of carbonyl (C=O) groups is 1. The first-order valence-electron chi connectivity index (χ1n) is 12.1. The maximum absolute atomic E-state index is 15.7. The van der Waals surface area contributed by atoms with Crippen LogP contribution in [0, 0.1) is 5.41 Å². The molecule has 192 valence electrons. The molecule has 2 aromatic heterocycles. The van der Waals surface area contributed by atoms with Crippen LogP contribution in [0.1, 0.15) is 43.8 Å². The van der Waals surface area contributed by atoms with Gasteiger partial charge in [0.15, 0.2) is 0 Å². The monoisotopic (exact) mass is 531 g/mol. The molecular weight excluding hydrogens is 501 g/mol. The molecule has 1 N–H and O–H groups in total. The fourth-order valence-corrected chi connectivity index (χ4v) is 6.17. The number of carboxylic acid groups (broad SMARTS) is 1. The summed E-state index contributed by atoms with van der Waals surface area (Å²) in [6.45, 7) is 2.55. The van der Waals surface area contributed by atoms with Crippen molar-refractivity contribution in [1.29, 1.82) is 0 Å². The van der Waals surface area contributed by atoms with Crippen LogP contribution < -0.4 is 4.74 Å². The Labute approximate surface area is 220 Å². The Kier molecular flexibility index (Phi) is 9.04. The van der Waals surface area contributed by atoms with E-state index in [0.29, 0.717) is 28.6 Å². The highest BCUT2D eigenvalue weighted by molar-refractivity contribution is 7.99. The SMILES string of the molecule is COc1ccc2ncc(Cl)c(C(F)CCC3(CC(=O)O)CCN(CCSc4cccnc4)CC3)c2c1. The molecule has 1 aliphatic rings. The lowest BCUT2D eigenvalue weighted by atomic mass is 9.71. The molecule has 0 aliphatic carbocycles. The van der Waals surface area contributed by atoms with Crippen LogP contribution in [0.5, 0.6) is 5.75 Å². The van der Waals surface area contributed by atoms with E-state index < -0.39 is 17.6 Å². The summed E-state index contributed by atoms with van der Waals surface area (Å²) in [6.07, 6.45) is 6.01. The molecule has 4 rings (SSSR count). The Morgan fingerprint density at radius 1 is 1.31 bits per heavy atom.